The molecule has 0 radical (unpaired) electrons. The molecule has 0 amide bonds. The predicted octanol–water partition coefficient (Wildman–Crippen LogP) is 5.33. The molecule has 0 bridgehead atoms. The summed E-state index contributed by atoms with van der Waals surface area (Å²) in [6.45, 7) is 0.514. The molecular formula is C23H16N2OS. The van der Waals surface area contributed by atoms with Crippen molar-refractivity contribution in [3.8, 4) is 10.4 Å². The largest absolute Gasteiger partial charge is 0.294 e. The Labute approximate surface area is 160 Å². The second-order valence-corrected chi connectivity index (χ2v) is 7.54. The highest BCUT2D eigenvalue weighted by atomic mass is 32.1. The first-order valence-corrected chi connectivity index (χ1v) is 9.62. The SMILES string of the molecule is O=c1c2cc(-c3ccccc3)sc2ncn1Cc1cccc2ccccc12. The quantitative estimate of drug-likeness (QED) is 0.432. The molecule has 0 aliphatic rings. The Morgan fingerprint density at radius 1 is 0.852 bits per heavy atom. The Morgan fingerprint density at radius 2 is 1.63 bits per heavy atom. The number of fused-ring (bicyclic) bond motifs is 2. The molecule has 27 heavy (non-hydrogen) atoms. The lowest BCUT2D eigenvalue weighted by atomic mass is 10.0. The van der Waals surface area contributed by atoms with Crippen molar-refractivity contribution < 1.29 is 0 Å². The van der Waals surface area contributed by atoms with Crippen molar-refractivity contribution in [1.82, 2.24) is 9.55 Å². The van der Waals surface area contributed by atoms with Crippen molar-refractivity contribution in [2.24, 2.45) is 0 Å². The molecule has 0 saturated heterocycles. The summed E-state index contributed by atoms with van der Waals surface area (Å²) < 4.78 is 1.70. The summed E-state index contributed by atoms with van der Waals surface area (Å²) in [6, 6.07) is 26.5. The van der Waals surface area contributed by atoms with E-state index in [0.29, 0.717) is 11.9 Å². The Morgan fingerprint density at radius 3 is 2.52 bits per heavy atom. The molecule has 0 N–H and O–H groups in total. The number of benzene rings is 3. The van der Waals surface area contributed by atoms with Crippen molar-refractivity contribution in [2.45, 2.75) is 6.54 Å². The highest BCUT2D eigenvalue weighted by Gasteiger charge is 2.11. The highest BCUT2D eigenvalue weighted by molar-refractivity contribution is 7.21. The van der Waals surface area contributed by atoms with Crippen LogP contribution in [0.4, 0.5) is 0 Å². The minimum Gasteiger partial charge on any atom is -0.294 e. The summed E-state index contributed by atoms with van der Waals surface area (Å²) in [7, 11) is 0. The molecule has 0 unspecified atom stereocenters. The van der Waals surface area contributed by atoms with Crippen LogP contribution in [0, 0.1) is 0 Å². The zero-order chi connectivity index (χ0) is 18.2. The van der Waals surface area contributed by atoms with E-state index in [1.165, 1.54) is 10.8 Å². The van der Waals surface area contributed by atoms with Gasteiger partial charge in [0, 0.05) is 4.88 Å². The average molecular weight is 368 g/mol. The maximum atomic E-state index is 13.0. The molecule has 2 aromatic heterocycles. The Hall–Kier alpha value is -3.24. The maximum Gasteiger partial charge on any atom is 0.262 e. The first-order chi connectivity index (χ1) is 13.3. The molecule has 0 saturated carbocycles. The molecule has 3 aromatic carbocycles. The molecular weight excluding hydrogens is 352 g/mol. The standard InChI is InChI=1S/C23H16N2OS/c26-23-20-13-21(17-8-2-1-3-9-17)27-22(20)24-15-25(23)14-18-11-6-10-16-7-4-5-12-19(16)18/h1-13,15H,14H2. The molecule has 0 atom stereocenters. The van der Waals surface area contributed by atoms with Crippen molar-refractivity contribution in [3.05, 3.63) is 101 Å². The minimum atomic E-state index is 0.00589. The molecule has 4 heteroatoms. The lowest BCUT2D eigenvalue weighted by Crippen LogP contribution is -2.20. The van der Waals surface area contributed by atoms with E-state index in [-0.39, 0.29) is 5.56 Å². The molecule has 2 heterocycles. The van der Waals surface area contributed by atoms with Gasteiger partial charge in [0.1, 0.15) is 4.83 Å². The molecule has 130 valence electrons. The molecule has 0 spiro atoms. The zero-order valence-corrected chi connectivity index (χ0v) is 15.3. The number of aromatic nitrogens is 2. The normalized spacial score (nSPS) is 11.3. The van der Waals surface area contributed by atoms with E-state index in [9.17, 15) is 4.79 Å². The lowest BCUT2D eigenvalue weighted by molar-refractivity contribution is 0.753. The summed E-state index contributed by atoms with van der Waals surface area (Å²) >= 11 is 1.56. The van der Waals surface area contributed by atoms with Crippen LogP contribution in [0.15, 0.2) is 90.0 Å². The molecule has 0 aliphatic carbocycles. The minimum absolute atomic E-state index is 0.00589. The third-order valence-electron chi connectivity index (χ3n) is 4.80. The third-order valence-corrected chi connectivity index (χ3v) is 5.89. The van der Waals surface area contributed by atoms with Gasteiger partial charge in [0.2, 0.25) is 0 Å². The first kappa shape index (κ1) is 16.0. The van der Waals surface area contributed by atoms with Crippen molar-refractivity contribution >= 4 is 32.3 Å². The summed E-state index contributed by atoms with van der Waals surface area (Å²) in [5.74, 6) is 0. The second kappa shape index (κ2) is 6.49. The fourth-order valence-corrected chi connectivity index (χ4v) is 4.43. The van der Waals surface area contributed by atoms with E-state index in [1.807, 2.05) is 42.5 Å². The Balaban J connectivity index is 1.60. The first-order valence-electron chi connectivity index (χ1n) is 8.81. The highest BCUT2D eigenvalue weighted by Crippen LogP contribution is 2.30. The van der Waals surface area contributed by atoms with Gasteiger partial charge in [-0.15, -0.1) is 11.3 Å². The zero-order valence-electron chi connectivity index (χ0n) is 14.5. The van der Waals surface area contributed by atoms with Gasteiger partial charge >= 0.3 is 0 Å². The molecule has 5 rings (SSSR count). The van der Waals surface area contributed by atoms with Crippen LogP contribution in [0.5, 0.6) is 0 Å². The van der Waals surface area contributed by atoms with Crippen molar-refractivity contribution in [3.63, 3.8) is 0 Å². The summed E-state index contributed by atoms with van der Waals surface area (Å²) in [4.78, 5) is 19.4. The third kappa shape index (κ3) is 2.84. The summed E-state index contributed by atoms with van der Waals surface area (Å²) in [5.41, 5.74) is 2.24. The molecule has 0 aliphatic heterocycles. The smallest absolute Gasteiger partial charge is 0.262 e. The van der Waals surface area contributed by atoms with Crippen LogP contribution in [0.3, 0.4) is 0 Å². The lowest BCUT2D eigenvalue weighted by Gasteiger charge is -2.08. The van der Waals surface area contributed by atoms with Gasteiger partial charge in [-0.2, -0.15) is 0 Å². The van der Waals surface area contributed by atoms with Gasteiger partial charge in [0.15, 0.2) is 0 Å². The number of rotatable bonds is 3. The molecule has 0 fully saturated rings. The van der Waals surface area contributed by atoms with E-state index < -0.39 is 0 Å². The topological polar surface area (TPSA) is 34.9 Å². The molecule has 5 aromatic rings. The summed E-state index contributed by atoms with van der Waals surface area (Å²) in [5, 5.41) is 3.03. The van der Waals surface area contributed by atoms with Crippen LogP contribution in [0.25, 0.3) is 31.4 Å². The van der Waals surface area contributed by atoms with Crippen LogP contribution >= 0.6 is 11.3 Å². The van der Waals surface area contributed by atoms with E-state index in [2.05, 4.69) is 41.4 Å². The monoisotopic (exact) mass is 368 g/mol. The van der Waals surface area contributed by atoms with Crippen LogP contribution in [0.1, 0.15) is 5.56 Å². The number of hydrogen-bond acceptors (Lipinski definition) is 3. The summed E-state index contributed by atoms with van der Waals surface area (Å²) in [6.07, 6.45) is 1.66. The second-order valence-electron chi connectivity index (χ2n) is 6.51. The van der Waals surface area contributed by atoms with E-state index in [0.717, 1.165) is 20.8 Å². The van der Waals surface area contributed by atoms with Gasteiger partial charge < -0.3 is 0 Å². The number of thiophene rings is 1. The van der Waals surface area contributed by atoms with Gasteiger partial charge in [-0.1, -0.05) is 72.8 Å². The van der Waals surface area contributed by atoms with Crippen molar-refractivity contribution in [1.29, 1.82) is 0 Å². The van der Waals surface area contributed by atoms with Crippen LogP contribution < -0.4 is 5.56 Å². The van der Waals surface area contributed by atoms with Gasteiger partial charge in [0.25, 0.3) is 5.56 Å². The molecule has 3 nitrogen and oxygen atoms in total. The van der Waals surface area contributed by atoms with Gasteiger partial charge in [-0.25, -0.2) is 4.98 Å². The van der Waals surface area contributed by atoms with Crippen LogP contribution in [0.2, 0.25) is 0 Å². The Kier molecular flexibility index (Phi) is 3.84. The van der Waals surface area contributed by atoms with E-state index in [1.54, 1.807) is 22.2 Å². The fraction of sp³-hybridized carbons (Fsp3) is 0.0435. The Bertz CT molecular complexity index is 1310. The maximum absolute atomic E-state index is 13.0. The number of nitrogens with zero attached hydrogens (tertiary/aromatic N) is 2. The van der Waals surface area contributed by atoms with Crippen molar-refractivity contribution in [2.75, 3.05) is 0 Å². The fourth-order valence-electron chi connectivity index (χ4n) is 3.43. The van der Waals surface area contributed by atoms with Crippen LogP contribution in [-0.4, -0.2) is 9.55 Å². The predicted molar refractivity (Wildman–Crippen MR) is 112 cm³/mol. The van der Waals surface area contributed by atoms with E-state index in [4.69, 9.17) is 0 Å². The van der Waals surface area contributed by atoms with Gasteiger partial charge in [-0.05, 0) is 28.0 Å². The number of hydrogen-bond donors (Lipinski definition) is 0. The van der Waals surface area contributed by atoms with Crippen LogP contribution in [-0.2, 0) is 6.54 Å². The van der Waals surface area contributed by atoms with Gasteiger partial charge in [-0.3, -0.25) is 9.36 Å². The van der Waals surface area contributed by atoms with E-state index >= 15 is 0 Å². The van der Waals surface area contributed by atoms with Gasteiger partial charge in [0.05, 0.1) is 18.3 Å². The average Bonchev–Trinajstić information content (AvgIpc) is 3.16.